The summed E-state index contributed by atoms with van der Waals surface area (Å²) in [5.41, 5.74) is 7.72. The van der Waals surface area contributed by atoms with Crippen molar-refractivity contribution in [2.75, 3.05) is 18.1 Å². The van der Waals surface area contributed by atoms with Gasteiger partial charge < -0.3 is 19.9 Å². The Balaban J connectivity index is 1.55. The van der Waals surface area contributed by atoms with E-state index in [1.54, 1.807) is 0 Å². The Labute approximate surface area is 139 Å². The van der Waals surface area contributed by atoms with Crippen molar-refractivity contribution in [3.63, 3.8) is 0 Å². The standard InChI is InChI=1S/C17H20N4O3/c18-16(22)14-9-12-3-1-2-4-13(12)21(14)10-15-19-17(24-20-15)11-5-7-23-8-6-11/h1-4,11,14H,5-10H2,(H2,18,22)/t14-/m0/s1. The van der Waals surface area contributed by atoms with Gasteiger partial charge in [0.2, 0.25) is 11.8 Å². The van der Waals surface area contributed by atoms with Crippen LogP contribution in [0.4, 0.5) is 5.69 Å². The summed E-state index contributed by atoms with van der Waals surface area (Å²) < 4.78 is 10.8. The number of carbonyl (C=O) groups excluding carboxylic acids is 1. The third-order valence-corrected chi connectivity index (χ3v) is 4.79. The maximum Gasteiger partial charge on any atom is 0.240 e. The molecule has 1 amide bonds. The third kappa shape index (κ3) is 2.75. The quantitative estimate of drug-likeness (QED) is 0.911. The minimum Gasteiger partial charge on any atom is -0.381 e. The number of amides is 1. The fourth-order valence-corrected chi connectivity index (χ4v) is 3.49. The van der Waals surface area contributed by atoms with Gasteiger partial charge in [0.05, 0.1) is 6.54 Å². The molecule has 0 saturated carbocycles. The summed E-state index contributed by atoms with van der Waals surface area (Å²) in [6, 6.07) is 7.58. The smallest absolute Gasteiger partial charge is 0.240 e. The van der Waals surface area contributed by atoms with Crippen LogP contribution in [0.2, 0.25) is 0 Å². The first-order valence-corrected chi connectivity index (χ1v) is 8.26. The number of para-hydroxylation sites is 1. The van der Waals surface area contributed by atoms with Crippen LogP contribution in [-0.4, -0.2) is 35.3 Å². The van der Waals surface area contributed by atoms with E-state index in [-0.39, 0.29) is 17.9 Å². The Bertz CT molecular complexity index is 739. The zero-order chi connectivity index (χ0) is 16.5. The second-order valence-corrected chi connectivity index (χ2v) is 6.31. The monoisotopic (exact) mass is 328 g/mol. The number of aromatic nitrogens is 2. The van der Waals surface area contributed by atoms with Crippen LogP contribution in [0.25, 0.3) is 0 Å². The highest BCUT2D eigenvalue weighted by molar-refractivity contribution is 5.86. The number of benzene rings is 1. The lowest BCUT2D eigenvalue weighted by atomic mass is 10.0. The van der Waals surface area contributed by atoms with Crippen LogP contribution in [0.3, 0.4) is 0 Å². The maximum absolute atomic E-state index is 11.8. The molecule has 4 rings (SSSR count). The van der Waals surface area contributed by atoms with E-state index in [0.717, 1.165) is 37.3 Å². The van der Waals surface area contributed by atoms with E-state index in [4.69, 9.17) is 15.0 Å². The number of carbonyl (C=O) groups is 1. The van der Waals surface area contributed by atoms with Gasteiger partial charge in [0.15, 0.2) is 5.82 Å². The Morgan fingerprint density at radius 2 is 2.08 bits per heavy atom. The Morgan fingerprint density at radius 1 is 1.29 bits per heavy atom. The van der Waals surface area contributed by atoms with Crippen LogP contribution in [-0.2, 0) is 22.5 Å². The molecule has 24 heavy (non-hydrogen) atoms. The summed E-state index contributed by atoms with van der Waals surface area (Å²) in [4.78, 5) is 18.3. The van der Waals surface area contributed by atoms with E-state index < -0.39 is 0 Å². The summed E-state index contributed by atoms with van der Waals surface area (Å²) in [5.74, 6) is 1.17. The van der Waals surface area contributed by atoms with Crippen LogP contribution in [0.1, 0.15) is 36.0 Å². The largest absolute Gasteiger partial charge is 0.381 e. The number of anilines is 1. The lowest BCUT2D eigenvalue weighted by Gasteiger charge is -2.23. The summed E-state index contributed by atoms with van der Waals surface area (Å²) in [6.45, 7) is 1.87. The summed E-state index contributed by atoms with van der Waals surface area (Å²) in [6.07, 6.45) is 2.42. The zero-order valence-electron chi connectivity index (χ0n) is 13.4. The van der Waals surface area contributed by atoms with E-state index in [9.17, 15) is 4.79 Å². The number of ether oxygens (including phenoxy) is 1. The van der Waals surface area contributed by atoms with E-state index in [0.29, 0.717) is 24.7 Å². The minimum atomic E-state index is -0.368. The molecule has 0 aliphatic carbocycles. The molecular weight excluding hydrogens is 308 g/mol. The predicted octanol–water partition coefficient (Wildman–Crippen LogP) is 1.38. The molecule has 2 N–H and O–H groups in total. The second kappa shape index (κ2) is 6.24. The fourth-order valence-electron chi connectivity index (χ4n) is 3.49. The van der Waals surface area contributed by atoms with Crippen LogP contribution < -0.4 is 10.6 Å². The topological polar surface area (TPSA) is 94.5 Å². The Kier molecular flexibility index (Phi) is 3.93. The number of nitrogens with two attached hydrogens (primary N) is 1. The molecule has 0 spiro atoms. The molecule has 7 heteroatoms. The van der Waals surface area contributed by atoms with Crippen molar-refractivity contribution in [1.82, 2.24) is 10.1 Å². The molecule has 3 heterocycles. The summed E-state index contributed by atoms with van der Waals surface area (Å²) in [5, 5.41) is 4.10. The molecule has 1 aromatic heterocycles. The first-order chi connectivity index (χ1) is 11.7. The van der Waals surface area contributed by atoms with E-state index in [2.05, 4.69) is 10.1 Å². The van der Waals surface area contributed by atoms with Crippen molar-refractivity contribution >= 4 is 11.6 Å². The molecule has 1 atom stereocenters. The number of hydrogen-bond donors (Lipinski definition) is 1. The zero-order valence-corrected chi connectivity index (χ0v) is 13.4. The fraction of sp³-hybridized carbons (Fsp3) is 0.471. The molecule has 7 nitrogen and oxygen atoms in total. The highest BCUT2D eigenvalue weighted by Crippen LogP contribution is 2.33. The molecule has 2 aliphatic heterocycles. The van der Waals surface area contributed by atoms with Crippen LogP contribution in [0.5, 0.6) is 0 Å². The number of nitrogens with zero attached hydrogens (tertiary/aromatic N) is 3. The molecule has 1 saturated heterocycles. The Hall–Kier alpha value is -2.41. The van der Waals surface area contributed by atoms with Crippen molar-refractivity contribution in [3.8, 4) is 0 Å². The van der Waals surface area contributed by atoms with Gasteiger partial charge >= 0.3 is 0 Å². The predicted molar refractivity (Wildman–Crippen MR) is 86.4 cm³/mol. The van der Waals surface area contributed by atoms with Gasteiger partial charge in [0.1, 0.15) is 6.04 Å². The lowest BCUT2D eigenvalue weighted by molar-refractivity contribution is -0.119. The van der Waals surface area contributed by atoms with Gasteiger partial charge in [-0.05, 0) is 24.5 Å². The number of hydrogen-bond acceptors (Lipinski definition) is 6. The van der Waals surface area contributed by atoms with Gasteiger partial charge in [-0.1, -0.05) is 23.4 Å². The SMILES string of the molecule is NC(=O)[C@@H]1Cc2ccccc2N1Cc1noc(C2CCOCC2)n1. The average Bonchev–Trinajstić information content (AvgIpc) is 3.21. The highest BCUT2D eigenvalue weighted by Gasteiger charge is 2.34. The average molecular weight is 328 g/mol. The highest BCUT2D eigenvalue weighted by atomic mass is 16.5. The molecule has 2 aliphatic rings. The van der Waals surface area contributed by atoms with Crippen molar-refractivity contribution in [2.24, 2.45) is 5.73 Å². The number of rotatable bonds is 4. The van der Waals surface area contributed by atoms with Gasteiger partial charge in [-0.2, -0.15) is 4.98 Å². The molecule has 0 radical (unpaired) electrons. The maximum atomic E-state index is 11.8. The van der Waals surface area contributed by atoms with Crippen molar-refractivity contribution in [1.29, 1.82) is 0 Å². The molecule has 1 fully saturated rings. The molecule has 1 aromatic carbocycles. The molecule has 2 aromatic rings. The van der Waals surface area contributed by atoms with Crippen molar-refractivity contribution in [2.45, 2.75) is 37.8 Å². The lowest BCUT2D eigenvalue weighted by Crippen LogP contribution is -2.42. The number of primary amides is 1. The van der Waals surface area contributed by atoms with E-state index in [1.165, 1.54) is 0 Å². The first kappa shape index (κ1) is 15.1. The molecule has 0 unspecified atom stereocenters. The molecular formula is C17H20N4O3. The van der Waals surface area contributed by atoms with Crippen molar-refractivity contribution in [3.05, 3.63) is 41.5 Å². The van der Waals surface area contributed by atoms with Gasteiger partial charge in [-0.25, -0.2) is 0 Å². The van der Waals surface area contributed by atoms with Crippen LogP contribution in [0, 0.1) is 0 Å². The normalized spacial score (nSPS) is 21.0. The summed E-state index contributed by atoms with van der Waals surface area (Å²) >= 11 is 0. The van der Waals surface area contributed by atoms with Crippen LogP contribution >= 0.6 is 0 Å². The van der Waals surface area contributed by atoms with Gasteiger partial charge in [0, 0.05) is 31.2 Å². The molecule has 126 valence electrons. The molecule has 0 bridgehead atoms. The van der Waals surface area contributed by atoms with Crippen LogP contribution in [0.15, 0.2) is 28.8 Å². The summed E-state index contributed by atoms with van der Waals surface area (Å²) in [7, 11) is 0. The van der Waals surface area contributed by atoms with E-state index >= 15 is 0 Å². The Morgan fingerprint density at radius 3 is 2.88 bits per heavy atom. The minimum absolute atomic E-state index is 0.262. The third-order valence-electron chi connectivity index (χ3n) is 4.79. The van der Waals surface area contributed by atoms with Gasteiger partial charge in [-0.3, -0.25) is 4.79 Å². The number of fused-ring (bicyclic) bond motifs is 1. The second-order valence-electron chi connectivity index (χ2n) is 6.31. The van der Waals surface area contributed by atoms with Crippen molar-refractivity contribution < 1.29 is 14.1 Å². The first-order valence-electron chi connectivity index (χ1n) is 8.26. The van der Waals surface area contributed by atoms with Gasteiger partial charge in [0.25, 0.3) is 0 Å². The van der Waals surface area contributed by atoms with E-state index in [1.807, 2.05) is 29.2 Å². The van der Waals surface area contributed by atoms with Gasteiger partial charge in [-0.15, -0.1) is 0 Å².